The minimum atomic E-state index is -0.800. The van der Waals surface area contributed by atoms with Crippen molar-refractivity contribution < 1.29 is 28.6 Å². The van der Waals surface area contributed by atoms with Crippen molar-refractivity contribution in [1.82, 2.24) is 0 Å². The number of ether oxygens (including phenoxy) is 3. The second kappa shape index (κ2) is 61.9. The Balaban J connectivity index is 4.38. The summed E-state index contributed by atoms with van der Waals surface area (Å²) in [6, 6.07) is 0. The first-order valence-electron chi connectivity index (χ1n) is 32.1. The highest BCUT2D eigenvalue weighted by molar-refractivity contribution is 5.71. The van der Waals surface area contributed by atoms with Gasteiger partial charge in [-0.3, -0.25) is 14.4 Å². The number of carbonyl (C=O) groups excluding carboxylic acids is 3. The van der Waals surface area contributed by atoms with Crippen LogP contribution in [0.2, 0.25) is 0 Å². The summed E-state index contributed by atoms with van der Waals surface area (Å²) in [5.74, 6) is -0.928. The van der Waals surface area contributed by atoms with Crippen LogP contribution in [0.1, 0.15) is 342 Å². The molecule has 0 spiro atoms. The van der Waals surface area contributed by atoms with Crippen LogP contribution in [-0.4, -0.2) is 37.2 Å². The summed E-state index contributed by atoms with van der Waals surface area (Å²) in [5.41, 5.74) is 0. The van der Waals surface area contributed by atoms with Gasteiger partial charge in [-0.15, -0.1) is 0 Å². The van der Waals surface area contributed by atoms with Gasteiger partial charge in [0.25, 0.3) is 0 Å². The van der Waals surface area contributed by atoms with Gasteiger partial charge in [-0.1, -0.05) is 294 Å². The van der Waals surface area contributed by atoms with E-state index in [1.165, 1.54) is 238 Å². The Kier molecular flexibility index (Phi) is 59.7. The van der Waals surface area contributed by atoms with E-state index in [2.05, 4.69) is 69.4 Å². The second-order valence-electron chi connectivity index (χ2n) is 21.7. The Morgan fingerprint density at radius 2 is 0.507 bits per heavy atom. The molecule has 0 rings (SSSR count). The molecule has 0 aliphatic carbocycles. The largest absolute Gasteiger partial charge is 0.462 e. The molecule has 6 heteroatoms. The van der Waals surface area contributed by atoms with Crippen LogP contribution in [0.15, 0.2) is 48.6 Å². The first-order chi connectivity index (χ1) is 36.0. The van der Waals surface area contributed by atoms with Gasteiger partial charge in [0.2, 0.25) is 0 Å². The third-order valence-electron chi connectivity index (χ3n) is 14.3. The number of esters is 3. The standard InChI is InChI=1S/C67H122O6/c1-4-7-10-13-16-19-22-25-28-31-32-33-34-37-39-42-45-48-51-54-57-60-66(69)72-63-64(73-67(70)61-58-55-52-49-46-43-40-36-30-27-24-21-18-15-12-9-6-3)62-71-65(68)59-56-53-50-47-44-41-38-35-29-26-23-20-17-14-11-8-5-2/h26-27,29-30,40,43,49,52,64H,4-25,28,31-39,41-42,44-48,50-51,53-63H2,1-3H3/b29-26-,30-27-,43-40-,52-49-/t64-/m1/s1. The maximum Gasteiger partial charge on any atom is 0.306 e. The molecule has 426 valence electrons. The molecule has 0 aromatic heterocycles. The predicted octanol–water partition coefficient (Wildman–Crippen LogP) is 21.8. The molecule has 0 heterocycles. The van der Waals surface area contributed by atoms with Crippen LogP contribution in [0.3, 0.4) is 0 Å². The van der Waals surface area contributed by atoms with Gasteiger partial charge in [-0.25, -0.2) is 0 Å². The molecular formula is C67H122O6. The number of allylic oxidation sites excluding steroid dienone is 8. The molecule has 0 aliphatic heterocycles. The molecule has 0 saturated carbocycles. The first kappa shape index (κ1) is 70.4. The Hall–Kier alpha value is -2.63. The third kappa shape index (κ3) is 60.1. The molecule has 0 aliphatic rings. The van der Waals surface area contributed by atoms with E-state index in [0.29, 0.717) is 19.3 Å². The van der Waals surface area contributed by atoms with E-state index >= 15 is 0 Å². The van der Waals surface area contributed by atoms with Gasteiger partial charge in [0.1, 0.15) is 13.2 Å². The Labute approximate surface area is 454 Å². The van der Waals surface area contributed by atoms with Crippen molar-refractivity contribution in [3.8, 4) is 0 Å². The zero-order chi connectivity index (χ0) is 52.9. The van der Waals surface area contributed by atoms with Crippen molar-refractivity contribution in [3.05, 3.63) is 48.6 Å². The van der Waals surface area contributed by atoms with Crippen molar-refractivity contribution in [2.45, 2.75) is 348 Å². The average Bonchev–Trinajstić information content (AvgIpc) is 3.39. The molecule has 0 saturated heterocycles. The fourth-order valence-corrected chi connectivity index (χ4v) is 9.46. The molecule has 73 heavy (non-hydrogen) atoms. The van der Waals surface area contributed by atoms with Crippen molar-refractivity contribution >= 4 is 17.9 Å². The number of unbranched alkanes of at least 4 members (excludes halogenated alkanes) is 40. The summed E-state index contributed by atoms with van der Waals surface area (Å²) >= 11 is 0. The van der Waals surface area contributed by atoms with Crippen LogP contribution < -0.4 is 0 Å². The van der Waals surface area contributed by atoms with Crippen LogP contribution in [0, 0.1) is 0 Å². The fraction of sp³-hybridized carbons (Fsp3) is 0.836. The molecule has 0 aromatic rings. The monoisotopic (exact) mass is 1020 g/mol. The van der Waals surface area contributed by atoms with E-state index in [-0.39, 0.29) is 37.5 Å². The predicted molar refractivity (Wildman–Crippen MR) is 316 cm³/mol. The quantitative estimate of drug-likeness (QED) is 0.0261. The van der Waals surface area contributed by atoms with Gasteiger partial charge in [0, 0.05) is 19.3 Å². The minimum absolute atomic E-state index is 0.0908. The Morgan fingerprint density at radius 1 is 0.274 bits per heavy atom. The molecule has 0 bridgehead atoms. The normalized spacial score (nSPS) is 12.3. The lowest BCUT2D eigenvalue weighted by Gasteiger charge is -2.18. The van der Waals surface area contributed by atoms with E-state index in [1.807, 2.05) is 0 Å². The van der Waals surface area contributed by atoms with Gasteiger partial charge in [0.15, 0.2) is 6.10 Å². The zero-order valence-corrected chi connectivity index (χ0v) is 48.9. The van der Waals surface area contributed by atoms with Gasteiger partial charge >= 0.3 is 17.9 Å². The van der Waals surface area contributed by atoms with Gasteiger partial charge in [0.05, 0.1) is 0 Å². The Bertz CT molecular complexity index is 1270. The topological polar surface area (TPSA) is 78.9 Å². The average molecular weight is 1020 g/mol. The molecule has 6 nitrogen and oxygen atoms in total. The number of rotatable bonds is 59. The fourth-order valence-electron chi connectivity index (χ4n) is 9.46. The molecule has 0 unspecified atom stereocenters. The van der Waals surface area contributed by atoms with Crippen molar-refractivity contribution in [1.29, 1.82) is 0 Å². The van der Waals surface area contributed by atoms with Crippen LogP contribution >= 0.6 is 0 Å². The van der Waals surface area contributed by atoms with Crippen LogP contribution in [0.25, 0.3) is 0 Å². The third-order valence-corrected chi connectivity index (χ3v) is 14.3. The van der Waals surface area contributed by atoms with Gasteiger partial charge in [-0.2, -0.15) is 0 Å². The van der Waals surface area contributed by atoms with E-state index in [9.17, 15) is 14.4 Å². The van der Waals surface area contributed by atoms with Crippen molar-refractivity contribution in [2.24, 2.45) is 0 Å². The Morgan fingerprint density at radius 3 is 0.822 bits per heavy atom. The van der Waals surface area contributed by atoms with Crippen molar-refractivity contribution in [2.75, 3.05) is 13.2 Å². The number of carbonyl (C=O) groups is 3. The molecule has 0 radical (unpaired) electrons. The maximum absolute atomic E-state index is 12.9. The first-order valence-corrected chi connectivity index (χ1v) is 32.1. The molecule has 0 N–H and O–H groups in total. The van der Waals surface area contributed by atoms with E-state index in [0.717, 1.165) is 57.8 Å². The highest BCUT2D eigenvalue weighted by atomic mass is 16.6. The van der Waals surface area contributed by atoms with E-state index in [1.54, 1.807) is 0 Å². The maximum atomic E-state index is 12.9. The summed E-state index contributed by atoms with van der Waals surface area (Å²) in [6.07, 6.45) is 76.9. The summed E-state index contributed by atoms with van der Waals surface area (Å²) in [7, 11) is 0. The lowest BCUT2D eigenvalue weighted by atomic mass is 10.0. The minimum Gasteiger partial charge on any atom is -0.462 e. The lowest BCUT2D eigenvalue weighted by Crippen LogP contribution is -2.30. The highest BCUT2D eigenvalue weighted by Crippen LogP contribution is 2.17. The summed E-state index contributed by atoms with van der Waals surface area (Å²) in [6.45, 7) is 6.64. The van der Waals surface area contributed by atoms with E-state index in [4.69, 9.17) is 14.2 Å². The molecule has 1 atom stereocenters. The number of hydrogen-bond donors (Lipinski definition) is 0. The molecule has 0 aromatic carbocycles. The van der Waals surface area contributed by atoms with E-state index < -0.39 is 6.10 Å². The molecule has 0 amide bonds. The summed E-state index contributed by atoms with van der Waals surface area (Å²) < 4.78 is 16.9. The zero-order valence-electron chi connectivity index (χ0n) is 48.9. The van der Waals surface area contributed by atoms with Crippen LogP contribution in [0.4, 0.5) is 0 Å². The lowest BCUT2D eigenvalue weighted by molar-refractivity contribution is -0.167. The summed E-state index contributed by atoms with van der Waals surface area (Å²) in [4.78, 5) is 38.3. The smallest absolute Gasteiger partial charge is 0.306 e. The van der Waals surface area contributed by atoms with Crippen molar-refractivity contribution in [3.63, 3.8) is 0 Å². The number of hydrogen-bond acceptors (Lipinski definition) is 6. The van der Waals surface area contributed by atoms with Gasteiger partial charge in [-0.05, 0) is 77.0 Å². The highest BCUT2D eigenvalue weighted by Gasteiger charge is 2.19. The second-order valence-corrected chi connectivity index (χ2v) is 21.7. The van der Waals surface area contributed by atoms with Crippen LogP contribution in [0.5, 0.6) is 0 Å². The summed E-state index contributed by atoms with van der Waals surface area (Å²) in [5, 5.41) is 0. The molecule has 0 fully saturated rings. The molecular weight excluding hydrogens is 901 g/mol. The SMILES string of the molecule is CCCCCCCC/C=C\C/C=C\C/C=C\CCCC(=O)O[C@H](COC(=O)CCCCCCCCC/C=C\CCCCCCCC)COC(=O)CCCCCCCCCCCCCCCCCCCCCCC. The van der Waals surface area contributed by atoms with Gasteiger partial charge < -0.3 is 14.2 Å². The van der Waals surface area contributed by atoms with Crippen LogP contribution in [-0.2, 0) is 28.6 Å².